The van der Waals surface area contributed by atoms with Crippen molar-refractivity contribution in [2.75, 3.05) is 49.6 Å². The molecule has 35 heavy (non-hydrogen) atoms. The Hall–Kier alpha value is -3.15. The van der Waals surface area contributed by atoms with E-state index < -0.39 is 15.9 Å². The van der Waals surface area contributed by atoms with Gasteiger partial charge in [0.2, 0.25) is 10.0 Å². The van der Waals surface area contributed by atoms with Crippen LogP contribution in [-0.2, 0) is 21.3 Å². The molecular weight excluding hydrogens is 470 g/mol. The van der Waals surface area contributed by atoms with Crippen LogP contribution >= 0.6 is 0 Å². The Bertz CT molecular complexity index is 1260. The summed E-state index contributed by atoms with van der Waals surface area (Å²) < 4.78 is 40.7. The maximum Gasteiger partial charge on any atom is 0.291 e. The SMILES string of the molecule is O=C(Nc1cc(S(=O)(=O)N2CCOCC2)ccc1N1CCCCC1)c1ccc(Cn2cccn2)o1. The number of nitrogens with one attached hydrogen (secondary N) is 1. The lowest BCUT2D eigenvalue weighted by Crippen LogP contribution is -2.40. The van der Waals surface area contributed by atoms with Gasteiger partial charge >= 0.3 is 0 Å². The number of anilines is 2. The summed E-state index contributed by atoms with van der Waals surface area (Å²) >= 11 is 0. The van der Waals surface area contributed by atoms with Crippen molar-refractivity contribution in [3.8, 4) is 0 Å². The van der Waals surface area contributed by atoms with E-state index in [-0.39, 0.29) is 10.7 Å². The Morgan fingerprint density at radius 1 is 1.03 bits per heavy atom. The number of aromatic nitrogens is 2. The van der Waals surface area contributed by atoms with Crippen LogP contribution in [0.25, 0.3) is 0 Å². The van der Waals surface area contributed by atoms with Gasteiger partial charge in [-0.2, -0.15) is 9.40 Å². The number of nitrogens with zero attached hydrogens (tertiary/aromatic N) is 4. The predicted molar refractivity (Wildman–Crippen MR) is 130 cm³/mol. The van der Waals surface area contributed by atoms with Gasteiger partial charge in [0, 0.05) is 38.6 Å². The number of carbonyl (C=O) groups excluding carboxylic acids is 1. The summed E-state index contributed by atoms with van der Waals surface area (Å²) in [6.07, 6.45) is 6.75. The number of piperidine rings is 1. The summed E-state index contributed by atoms with van der Waals surface area (Å²) in [5, 5.41) is 7.06. The minimum absolute atomic E-state index is 0.147. The molecule has 2 aliphatic heterocycles. The highest BCUT2D eigenvalue weighted by atomic mass is 32.2. The maximum absolute atomic E-state index is 13.3. The van der Waals surface area contributed by atoms with Crippen molar-refractivity contribution in [1.29, 1.82) is 0 Å². The van der Waals surface area contributed by atoms with E-state index in [2.05, 4.69) is 15.3 Å². The van der Waals surface area contributed by atoms with Gasteiger partial charge in [0.15, 0.2) is 5.76 Å². The number of rotatable bonds is 7. The Labute approximate surface area is 204 Å². The molecule has 0 spiro atoms. The van der Waals surface area contributed by atoms with Gasteiger partial charge in [-0.25, -0.2) is 8.42 Å². The van der Waals surface area contributed by atoms with Crippen molar-refractivity contribution >= 4 is 27.3 Å². The van der Waals surface area contributed by atoms with Gasteiger partial charge in [-0.3, -0.25) is 9.48 Å². The molecule has 0 bridgehead atoms. The fourth-order valence-corrected chi connectivity index (χ4v) is 5.88. The van der Waals surface area contributed by atoms with Gasteiger partial charge < -0.3 is 19.4 Å². The molecule has 2 fully saturated rings. The first-order valence-electron chi connectivity index (χ1n) is 11.8. The quantitative estimate of drug-likeness (QED) is 0.532. The Kier molecular flexibility index (Phi) is 6.89. The highest BCUT2D eigenvalue weighted by molar-refractivity contribution is 7.89. The van der Waals surface area contributed by atoms with Crippen LogP contribution < -0.4 is 10.2 Å². The normalized spacial score (nSPS) is 17.4. The molecule has 1 aromatic carbocycles. The first-order chi connectivity index (χ1) is 17.0. The number of furan rings is 1. The van der Waals surface area contributed by atoms with Gasteiger partial charge in [-0.15, -0.1) is 0 Å². The third kappa shape index (κ3) is 5.26. The number of amides is 1. The van der Waals surface area contributed by atoms with Crippen LogP contribution in [0.4, 0.5) is 11.4 Å². The van der Waals surface area contributed by atoms with Gasteiger partial charge in [-0.05, 0) is 55.7 Å². The summed E-state index contributed by atoms with van der Waals surface area (Å²) in [5.74, 6) is 0.313. The van der Waals surface area contributed by atoms with E-state index in [0.29, 0.717) is 44.3 Å². The average molecular weight is 500 g/mol. The molecule has 0 saturated carbocycles. The predicted octanol–water partition coefficient (Wildman–Crippen LogP) is 2.79. The second-order valence-corrected chi connectivity index (χ2v) is 10.6. The highest BCUT2D eigenvalue weighted by Crippen LogP contribution is 2.32. The standard InChI is InChI=1S/C24H29N5O5S/c30-24(23-8-5-19(34-23)18-28-12-4-9-25-28)26-21-17-20(35(31,32)29-13-15-33-16-14-29)6-7-22(21)27-10-2-1-3-11-27/h4-9,12,17H,1-3,10-11,13-16,18H2,(H,26,30). The summed E-state index contributed by atoms with van der Waals surface area (Å²) in [6.45, 7) is 3.47. The van der Waals surface area contributed by atoms with E-state index >= 15 is 0 Å². The minimum atomic E-state index is -3.71. The maximum atomic E-state index is 13.3. The second kappa shape index (κ2) is 10.2. The fraction of sp³-hybridized carbons (Fsp3) is 0.417. The van der Waals surface area contributed by atoms with Crippen molar-refractivity contribution < 1.29 is 22.4 Å². The Morgan fingerprint density at radius 3 is 2.57 bits per heavy atom. The second-order valence-electron chi connectivity index (χ2n) is 8.67. The number of carbonyl (C=O) groups is 1. The fourth-order valence-electron chi connectivity index (χ4n) is 4.44. The van der Waals surface area contributed by atoms with Crippen LogP contribution in [0, 0.1) is 0 Å². The zero-order valence-electron chi connectivity index (χ0n) is 19.4. The Morgan fingerprint density at radius 2 is 1.83 bits per heavy atom. The van der Waals surface area contributed by atoms with Crippen molar-refractivity contribution in [1.82, 2.24) is 14.1 Å². The van der Waals surface area contributed by atoms with E-state index in [1.54, 1.807) is 41.2 Å². The van der Waals surface area contributed by atoms with Gasteiger partial charge in [0.1, 0.15) is 5.76 Å². The molecule has 2 aliphatic rings. The number of benzene rings is 1. The first-order valence-corrected chi connectivity index (χ1v) is 13.3. The van der Waals surface area contributed by atoms with E-state index in [1.807, 2.05) is 12.3 Å². The monoisotopic (exact) mass is 499 g/mol. The summed E-state index contributed by atoms with van der Waals surface area (Å²) in [4.78, 5) is 15.4. The van der Waals surface area contributed by atoms with Crippen LogP contribution in [0.1, 0.15) is 35.6 Å². The Balaban J connectivity index is 1.41. The molecule has 0 aliphatic carbocycles. The molecule has 0 atom stereocenters. The van der Waals surface area contributed by atoms with E-state index in [1.165, 1.54) is 4.31 Å². The molecule has 5 rings (SSSR count). The largest absolute Gasteiger partial charge is 0.454 e. The smallest absolute Gasteiger partial charge is 0.291 e. The van der Waals surface area contributed by atoms with E-state index in [9.17, 15) is 13.2 Å². The molecular formula is C24H29N5O5S. The molecule has 2 aromatic heterocycles. The lowest BCUT2D eigenvalue weighted by atomic mass is 10.1. The molecule has 2 saturated heterocycles. The summed E-state index contributed by atoms with van der Waals surface area (Å²) in [6, 6.07) is 10.1. The van der Waals surface area contributed by atoms with Crippen LogP contribution in [0.2, 0.25) is 0 Å². The van der Waals surface area contributed by atoms with Gasteiger partial charge in [0.25, 0.3) is 5.91 Å². The molecule has 4 heterocycles. The average Bonchev–Trinajstić information content (AvgIpc) is 3.58. The molecule has 186 valence electrons. The zero-order valence-corrected chi connectivity index (χ0v) is 20.2. The van der Waals surface area contributed by atoms with E-state index in [4.69, 9.17) is 9.15 Å². The van der Waals surface area contributed by atoms with Crippen LogP contribution in [0.15, 0.2) is 58.1 Å². The topological polar surface area (TPSA) is 110 Å². The number of ether oxygens (including phenoxy) is 1. The minimum Gasteiger partial charge on any atom is -0.454 e. The van der Waals surface area contributed by atoms with Crippen LogP contribution in [0.3, 0.4) is 0 Å². The number of hydrogen-bond acceptors (Lipinski definition) is 7. The summed E-state index contributed by atoms with van der Waals surface area (Å²) in [7, 11) is -3.71. The van der Waals surface area contributed by atoms with Gasteiger partial charge in [-0.1, -0.05) is 0 Å². The molecule has 0 radical (unpaired) electrons. The first kappa shape index (κ1) is 23.6. The number of hydrogen-bond donors (Lipinski definition) is 1. The number of sulfonamides is 1. The van der Waals surface area contributed by atoms with Crippen LogP contribution in [-0.4, -0.2) is 67.8 Å². The van der Waals surface area contributed by atoms with Crippen molar-refractivity contribution in [3.63, 3.8) is 0 Å². The molecule has 11 heteroatoms. The van der Waals surface area contributed by atoms with Crippen molar-refractivity contribution in [2.24, 2.45) is 0 Å². The zero-order chi connectivity index (χ0) is 24.3. The third-order valence-electron chi connectivity index (χ3n) is 6.28. The molecule has 1 amide bonds. The van der Waals surface area contributed by atoms with Crippen LogP contribution in [0.5, 0.6) is 0 Å². The molecule has 3 aromatic rings. The van der Waals surface area contributed by atoms with E-state index in [0.717, 1.165) is 38.0 Å². The van der Waals surface area contributed by atoms with Gasteiger partial charge in [0.05, 0.1) is 36.0 Å². The van der Waals surface area contributed by atoms with Crippen molar-refractivity contribution in [3.05, 3.63) is 60.3 Å². The number of morpholine rings is 1. The van der Waals surface area contributed by atoms with Crippen molar-refractivity contribution in [2.45, 2.75) is 30.7 Å². The molecule has 10 nitrogen and oxygen atoms in total. The lowest BCUT2D eigenvalue weighted by molar-refractivity contribution is 0.0730. The third-order valence-corrected chi connectivity index (χ3v) is 8.18. The molecule has 0 unspecified atom stereocenters. The highest BCUT2D eigenvalue weighted by Gasteiger charge is 2.28. The summed E-state index contributed by atoms with van der Waals surface area (Å²) in [5.41, 5.74) is 1.26. The lowest BCUT2D eigenvalue weighted by Gasteiger charge is -2.31. The molecule has 1 N–H and O–H groups in total.